The highest BCUT2D eigenvalue weighted by Gasteiger charge is 2.32. The second-order valence-corrected chi connectivity index (χ2v) is 4.91. The highest BCUT2D eigenvalue weighted by Crippen LogP contribution is 2.44. The summed E-state index contributed by atoms with van der Waals surface area (Å²) in [7, 11) is 0. The lowest BCUT2D eigenvalue weighted by Gasteiger charge is -2.31. The van der Waals surface area contributed by atoms with Crippen molar-refractivity contribution in [2.24, 2.45) is 11.8 Å². The lowest BCUT2D eigenvalue weighted by atomic mass is 9.81. The van der Waals surface area contributed by atoms with Gasteiger partial charge in [-0.15, -0.1) is 0 Å². The monoisotopic (exact) mass is 188 g/mol. The van der Waals surface area contributed by atoms with E-state index in [9.17, 15) is 0 Å². The second kappa shape index (κ2) is 2.26. The van der Waals surface area contributed by atoms with E-state index in [0.717, 1.165) is 16.7 Å². The highest BCUT2D eigenvalue weighted by molar-refractivity contribution is 9.09. The highest BCUT2D eigenvalue weighted by atomic mass is 79.9. The number of hydrogen-bond acceptors (Lipinski definition) is 0. The topological polar surface area (TPSA) is 0 Å². The van der Waals surface area contributed by atoms with E-state index in [1.807, 2.05) is 0 Å². The van der Waals surface area contributed by atoms with E-state index in [-0.39, 0.29) is 0 Å². The fourth-order valence-electron chi connectivity index (χ4n) is 1.67. The van der Waals surface area contributed by atoms with E-state index >= 15 is 0 Å². The predicted octanol–water partition coefficient (Wildman–Crippen LogP) is 2.96. The van der Waals surface area contributed by atoms with E-state index in [4.69, 9.17) is 0 Å². The quantitative estimate of drug-likeness (QED) is 0.586. The molecular formula is C8H13Br. The van der Waals surface area contributed by atoms with Gasteiger partial charge in [0, 0.05) is 4.83 Å². The Labute approximate surface area is 65.1 Å². The van der Waals surface area contributed by atoms with Gasteiger partial charge in [-0.1, -0.05) is 28.8 Å². The Morgan fingerprint density at radius 2 is 1.78 bits per heavy atom. The average molecular weight is 189 g/mol. The first-order valence-corrected chi connectivity index (χ1v) is 4.90. The van der Waals surface area contributed by atoms with Crippen molar-refractivity contribution in [2.45, 2.75) is 36.9 Å². The molecule has 0 spiro atoms. The van der Waals surface area contributed by atoms with Crippen molar-refractivity contribution in [3.05, 3.63) is 0 Å². The van der Waals surface area contributed by atoms with Gasteiger partial charge in [-0.05, 0) is 31.1 Å². The van der Waals surface area contributed by atoms with Gasteiger partial charge in [-0.25, -0.2) is 0 Å². The molecule has 0 bridgehead atoms. The molecule has 9 heavy (non-hydrogen) atoms. The summed E-state index contributed by atoms with van der Waals surface area (Å²) in [6.07, 6.45) is 7.52. The van der Waals surface area contributed by atoms with Crippen LogP contribution in [0.5, 0.6) is 0 Å². The lowest BCUT2D eigenvalue weighted by Crippen LogP contribution is -2.23. The van der Waals surface area contributed by atoms with Crippen LogP contribution in [0.3, 0.4) is 0 Å². The Bertz CT molecular complexity index is 101. The summed E-state index contributed by atoms with van der Waals surface area (Å²) >= 11 is 3.61. The summed E-state index contributed by atoms with van der Waals surface area (Å²) in [4.78, 5) is 0.876. The molecule has 0 aliphatic heterocycles. The zero-order valence-corrected chi connectivity index (χ0v) is 7.23. The molecule has 0 aromatic rings. The zero-order chi connectivity index (χ0) is 6.27. The van der Waals surface area contributed by atoms with Gasteiger partial charge < -0.3 is 0 Å². The summed E-state index contributed by atoms with van der Waals surface area (Å²) < 4.78 is 0. The Morgan fingerprint density at radius 1 is 1.11 bits per heavy atom. The van der Waals surface area contributed by atoms with Gasteiger partial charge >= 0.3 is 0 Å². The van der Waals surface area contributed by atoms with Crippen molar-refractivity contribution in [3.8, 4) is 0 Å². The van der Waals surface area contributed by atoms with Crippen LogP contribution in [0.15, 0.2) is 0 Å². The van der Waals surface area contributed by atoms with Gasteiger partial charge in [0.1, 0.15) is 0 Å². The van der Waals surface area contributed by atoms with Crippen LogP contribution < -0.4 is 0 Å². The van der Waals surface area contributed by atoms with Crippen molar-refractivity contribution >= 4 is 15.9 Å². The second-order valence-electron chi connectivity index (χ2n) is 3.61. The largest absolute Gasteiger partial charge is 0.0890 e. The number of rotatable bonds is 2. The Hall–Kier alpha value is 0.480. The molecule has 0 amide bonds. The Kier molecular flexibility index (Phi) is 1.56. The summed E-state index contributed by atoms with van der Waals surface area (Å²) in [6, 6.07) is 0. The van der Waals surface area contributed by atoms with Crippen LogP contribution in [-0.4, -0.2) is 4.83 Å². The van der Waals surface area contributed by atoms with Gasteiger partial charge in [0.25, 0.3) is 0 Å². The van der Waals surface area contributed by atoms with E-state index in [2.05, 4.69) is 15.9 Å². The van der Waals surface area contributed by atoms with Crippen LogP contribution in [0.1, 0.15) is 32.1 Å². The lowest BCUT2D eigenvalue weighted by molar-refractivity contribution is 0.298. The van der Waals surface area contributed by atoms with Crippen molar-refractivity contribution in [1.29, 1.82) is 0 Å². The molecule has 2 aliphatic rings. The SMILES string of the molecule is BrC1CC(CC2CC2)C1. The summed E-state index contributed by atoms with van der Waals surface area (Å²) in [5.41, 5.74) is 0. The first-order valence-electron chi connectivity index (χ1n) is 3.98. The van der Waals surface area contributed by atoms with Crippen LogP contribution in [0.25, 0.3) is 0 Å². The molecule has 2 aliphatic carbocycles. The molecule has 0 radical (unpaired) electrons. The fraction of sp³-hybridized carbons (Fsp3) is 1.00. The van der Waals surface area contributed by atoms with Crippen LogP contribution in [0, 0.1) is 11.8 Å². The van der Waals surface area contributed by atoms with Gasteiger partial charge in [0.05, 0.1) is 0 Å². The molecular weight excluding hydrogens is 176 g/mol. The minimum absolute atomic E-state index is 0.876. The first-order chi connectivity index (χ1) is 4.34. The molecule has 0 aromatic heterocycles. The maximum Gasteiger partial charge on any atom is 0.0151 e. The molecule has 2 rings (SSSR count). The number of alkyl halides is 1. The molecule has 0 aromatic carbocycles. The molecule has 0 saturated heterocycles. The Balaban J connectivity index is 1.64. The van der Waals surface area contributed by atoms with Crippen LogP contribution in [0.2, 0.25) is 0 Å². The number of halogens is 1. The maximum atomic E-state index is 3.61. The molecule has 1 heteroatoms. The van der Waals surface area contributed by atoms with Gasteiger partial charge in [0.2, 0.25) is 0 Å². The van der Waals surface area contributed by atoms with E-state index in [1.54, 1.807) is 6.42 Å². The molecule has 0 N–H and O–H groups in total. The van der Waals surface area contributed by atoms with E-state index < -0.39 is 0 Å². The summed E-state index contributed by atoms with van der Waals surface area (Å²) in [5.74, 6) is 2.25. The molecule has 52 valence electrons. The molecule has 0 heterocycles. The van der Waals surface area contributed by atoms with Crippen LogP contribution in [-0.2, 0) is 0 Å². The molecule has 0 atom stereocenters. The fourth-order valence-corrected chi connectivity index (χ4v) is 2.73. The third-order valence-corrected chi connectivity index (χ3v) is 3.29. The molecule has 0 nitrogen and oxygen atoms in total. The Morgan fingerprint density at radius 3 is 2.22 bits per heavy atom. The van der Waals surface area contributed by atoms with Crippen molar-refractivity contribution in [3.63, 3.8) is 0 Å². The molecule has 2 fully saturated rings. The zero-order valence-electron chi connectivity index (χ0n) is 5.65. The molecule has 0 unspecified atom stereocenters. The average Bonchev–Trinajstić information content (AvgIpc) is 2.45. The third kappa shape index (κ3) is 1.49. The smallest absolute Gasteiger partial charge is 0.0151 e. The van der Waals surface area contributed by atoms with Crippen LogP contribution in [0.4, 0.5) is 0 Å². The van der Waals surface area contributed by atoms with Crippen molar-refractivity contribution in [1.82, 2.24) is 0 Å². The van der Waals surface area contributed by atoms with Gasteiger partial charge in [-0.3, -0.25) is 0 Å². The minimum atomic E-state index is 0.876. The predicted molar refractivity (Wildman–Crippen MR) is 42.8 cm³/mol. The number of hydrogen-bond donors (Lipinski definition) is 0. The van der Waals surface area contributed by atoms with Crippen molar-refractivity contribution in [2.75, 3.05) is 0 Å². The normalized spacial score (nSPS) is 42.3. The molecule has 2 saturated carbocycles. The summed E-state index contributed by atoms with van der Waals surface area (Å²) in [6.45, 7) is 0. The van der Waals surface area contributed by atoms with E-state index in [0.29, 0.717) is 0 Å². The van der Waals surface area contributed by atoms with Crippen LogP contribution >= 0.6 is 15.9 Å². The first kappa shape index (κ1) is 6.21. The standard InChI is InChI=1S/C8H13Br/c9-8-4-7(5-8)3-6-1-2-6/h6-8H,1-5H2. The third-order valence-electron chi connectivity index (χ3n) is 2.54. The maximum absolute atomic E-state index is 3.61. The summed E-state index contributed by atoms with van der Waals surface area (Å²) in [5, 5.41) is 0. The minimum Gasteiger partial charge on any atom is -0.0890 e. The van der Waals surface area contributed by atoms with Gasteiger partial charge in [0.15, 0.2) is 0 Å². The van der Waals surface area contributed by atoms with E-state index in [1.165, 1.54) is 25.7 Å². The van der Waals surface area contributed by atoms with Crippen molar-refractivity contribution < 1.29 is 0 Å². The van der Waals surface area contributed by atoms with Gasteiger partial charge in [-0.2, -0.15) is 0 Å².